The van der Waals surface area contributed by atoms with Crippen molar-refractivity contribution in [2.75, 3.05) is 0 Å². The van der Waals surface area contributed by atoms with E-state index < -0.39 is 0 Å². The number of fused-ring (bicyclic) bond motifs is 1. The first-order chi connectivity index (χ1) is 4.38. The van der Waals surface area contributed by atoms with E-state index in [1.165, 1.54) is 0 Å². The molecule has 3 nitrogen and oxygen atoms in total. The Kier molecular flexibility index (Phi) is 0.843. The molecule has 0 aliphatic carbocycles. The molecule has 0 radical (unpaired) electrons. The standard InChI is InChI=1S/C5H5N3S/c1-8-5-4(6-7-8)2-3-9-5/h2-3H,1H3. The first-order valence-corrected chi connectivity index (χ1v) is 3.49. The molecule has 0 unspecified atom stereocenters. The first-order valence-electron chi connectivity index (χ1n) is 2.61. The van der Waals surface area contributed by atoms with E-state index in [0.29, 0.717) is 0 Å². The van der Waals surface area contributed by atoms with Gasteiger partial charge < -0.3 is 0 Å². The molecule has 0 bridgehead atoms. The fourth-order valence-electron chi connectivity index (χ4n) is 0.769. The van der Waals surface area contributed by atoms with E-state index >= 15 is 0 Å². The Morgan fingerprint density at radius 3 is 3.33 bits per heavy atom. The van der Waals surface area contributed by atoms with Crippen LogP contribution in [0.2, 0.25) is 0 Å². The van der Waals surface area contributed by atoms with Gasteiger partial charge in [-0.25, -0.2) is 4.68 Å². The molecular weight excluding hydrogens is 134 g/mol. The van der Waals surface area contributed by atoms with Crippen molar-refractivity contribution in [3.05, 3.63) is 11.4 Å². The van der Waals surface area contributed by atoms with Crippen LogP contribution < -0.4 is 0 Å². The minimum atomic E-state index is 0.988. The van der Waals surface area contributed by atoms with Gasteiger partial charge >= 0.3 is 0 Å². The van der Waals surface area contributed by atoms with Gasteiger partial charge in [-0.15, -0.1) is 16.4 Å². The van der Waals surface area contributed by atoms with Gasteiger partial charge in [0.05, 0.1) is 0 Å². The van der Waals surface area contributed by atoms with Crippen LogP contribution in [0.15, 0.2) is 11.4 Å². The molecule has 0 saturated heterocycles. The molecule has 0 amide bonds. The molecule has 0 N–H and O–H groups in total. The van der Waals surface area contributed by atoms with Crippen LogP contribution in [0.25, 0.3) is 10.3 Å². The molecule has 4 heteroatoms. The van der Waals surface area contributed by atoms with Crippen molar-refractivity contribution in [2.24, 2.45) is 7.05 Å². The highest BCUT2D eigenvalue weighted by molar-refractivity contribution is 7.16. The molecular formula is C5H5N3S. The van der Waals surface area contributed by atoms with Crippen LogP contribution >= 0.6 is 11.3 Å². The minimum Gasteiger partial charge on any atom is -0.238 e. The molecule has 2 rings (SSSR count). The van der Waals surface area contributed by atoms with Gasteiger partial charge in [0.15, 0.2) is 0 Å². The third-order valence-electron chi connectivity index (χ3n) is 1.21. The summed E-state index contributed by atoms with van der Waals surface area (Å²) in [5, 5.41) is 9.75. The molecule has 0 spiro atoms. The Morgan fingerprint density at radius 1 is 1.67 bits per heavy atom. The maximum atomic E-state index is 3.90. The summed E-state index contributed by atoms with van der Waals surface area (Å²) < 4.78 is 1.78. The second-order valence-electron chi connectivity index (χ2n) is 1.82. The average molecular weight is 139 g/mol. The Balaban J connectivity index is 2.99. The van der Waals surface area contributed by atoms with Gasteiger partial charge in [0.2, 0.25) is 0 Å². The molecule has 0 aliphatic heterocycles. The lowest BCUT2D eigenvalue weighted by Crippen LogP contribution is -1.87. The van der Waals surface area contributed by atoms with E-state index in [-0.39, 0.29) is 0 Å². The smallest absolute Gasteiger partial charge is 0.141 e. The number of rotatable bonds is 0. The van der Waals surface area contributed by atoms with Crippen molar-refractivity contribution in [1.82, 2.24) is 15.0 Å². The lowest BCUT2D eigenvalue weighted by Gasteiger charge is -1.80. The van der Waals surface area contributed by atoms with Crippen LogP contribution in [0.3, 0.4) is 0 Å². The fraction of sp³-hybridized carbons (Fsp3) is 0.200. The van der Waals surface area contributed by atoms with Gasteiger partial charge in [0.25, 0.3) is 0 Å². The van der Waals surface area contributed by atoms with Crippen LogP contribution in [0.1, 0.15) is 0 Å². The lowest BCUT2D eigenvalue weighted by molar-refractivity contribution is 0.739. The van der Waals surface area contributed by atoms with E-state index in [1.807, 2.05) is 18.5 Å². The van der Waals surface area contributed by atoms with E-state index in [2.05, 4.69) is 10.3 Å². The molecule has 0 saturated carbocycles. The van der Waals surface area contributed by atoms with Gasteiger partial charge in [-0.2, -0.15) is 0 Å². The van der Waals surface area contributed by atoms with Crippen LogP contribution in [0.5, 0.6) is 0 Å². The van der Waals surface area contributed by atoms with E-state index in [9.17, 15) is 0 Å². The highest BCUT2D eigenvalue weighted by Crippen LogP contribution is 2.15. The number of nitrogens with zero attached hydrogens (tertiary/aromatic N) is 3. The predicted molar refractivity (Wildman–Crippen MR) is 36.4 cm³/mol. The molecule has 0 atom stereocenters. The quantitative estimate of drug-likeness (QED) is 0.545. The second-order valence-corrected chi connectivity index (χ2v) is 2.72. The maximum Gasteiger partial charge on any atom is 0.141 e. The zero-order valence-corrected chi connectivity index (χ0v) is 5.72. The summed E-state index contributed by atoms with van der Waals surface area (Å²) in [6.07, 6.45) is 0. The summed E-state index contributed by atoms with van der Waals surface area (Å²) in [6.45, 7) is 0. The van der Waals surface area contributed by atoms with E-state index in [0.717, 1.165) is 10.3 Å². The Labute approximate surface area is 55.9 Å². The topological polar surface area (TPSA) is 30.7 Å². The SMILES string of the molecule is Cn1nnc2ccsc21. The van der Waals surface area contributed by atoms with Gasteiger partial charge in [0.1, 0.15) is 10.3 Å². The minimum absolute atomic E-state index is 0.988. The lowest BCUT2D eigenvalue weighted by atomic mass is 10.6. The van der Waals surface area contributed by atoms with Gasteiger partial charge in [-0.3, -0.25) is 0 Å². The predicted octanol–water partition coefficient (Wildman–Crippen LogP) is 1.03. The molecule has 2 aromatic heterocycles. The van der Waals surface area contributed by atoms with Crippen molar-refractivity contribution >= 4 is 21.7 Å². The first kappa shape index (κ1) is 4.93. The Hall–Kier alpha value is -0.900. The summed E-state index contributed by atoms with van der Waals surface area (Å²) in [4.78, 5) is 1.13. The number of hydrogen-bond acceptors (Lipinski definition) is 3. The molecule has 2 heterocycles. The highest BCUT2D eigenvalue weighted by Gasteiger charge is 1.98. The van der Waals surface area contributed by atoms with Crippen LogP contribution in [0, 0.1) is 0 Å². The zero-order chi connectivity index (χ0) is 6.27. The van der Waals surface area contributed by atoms with Gasteiger partial charge in [-0.1, -0.05) is 5.21 Å². The average Bonchev–Trinajstić information content (AvgIpc) is 2.35. The van der Waals surface area contributed by atoms with Crippen molar-refractivity contribution in [1.29, 1.82) is 0 Å². The summed E-state index contributed by atoms with van der Waals surface area (Å²) in [5.74, 6) is 0. The molecule has 0 aromatic carbocycles. The third kappa shape index (κ3) is 0.564. The van der Waals surface area contributed by atoms with Crippen molar-refractivity contribution < 1.29 is 0 Å². The number of aryl methyl sites for hydroxylation is 1. The molecule has 9 heavy (non-hydrogen) atoms. The van der Waals surface area contributed by atoms with Gasteiger partial charge in [-0.05, 0) is 11.4 Å². The molecule has 2 aromatic rings. The van der Waals surface area contributed by atoms with Gasteiger partial charge in [0, 0.05) is 7.05 Å². The number of thiophene rings is 1. The highest BCUT2D eigenvalue weighted by atomic mass is 32.1. The summed E-state index contributed by atoms with van der Waals surface area (Å²) in [7, 11) is 1.89. The van der Waals surface area contributed by atoms with Crippen molar-refractivity contribution in [3.63, 3.8) is 0 Å². The largest absolute Gasteiger partial charge is 0.238 e. The van der Waals surface area contributed by atoms with E-state index in [1.54, 1.807) is 16.0 Å². The normalized spacial score (nSPS) is 10.8. The third-order valence-corrected chi connectivity index (χ3v) is 2.17. The maximum absolute atomic E-state index is 3.90. The Morgan fingerprint density at radius 2 is 2.56 bits per heavy atom. The number of aromatic nitrogens is 3. The van der Waals surface area contributed by atoms with Crippen molar-refractivity contribution in [2.45, 2.75) is 0 Å². The molecule has 0 fully saturated rings. The van der Waals surface area contributed by atoms with Crippen molar-refractivity contribution in [3.8, 4) is 0 Å². The fourth-order valence-corrected chi connectivity index (χ4v) is 1.51. The number of hydrogen-bond donors (Lipinski definition) is 0. The summed E-state index contributed by atoms with van der Waals surface area (Å²) in [5.41, 5.74) is 0.988. The second kappa shape index (κ2) is 1.54. The molecule has 0 aliphatic rings. The molecule has 46 valence electrons. The summed E-state index contributed by atoms with van der Waals surface area (Å²) in [6, 6.07) is 1.97. The zero-order valence-electron chi connectivity index (χ0n) is 4.90. The van der Waals surface area contributed by atoms with Crippen LogP contribution in [-0.4, -0.2) is 15.0 Å². The van der Waals surface area contributed by atoms with E-state index in [4.69, 9.17) is 0 Å². The Bertz CT molecular complexity index is 321. The monoisotopic (exact) mass is 139 g/mol. The van der Waals surface area contributed by atoms with Crippen LogP contribution in [0.4, 0.5) is 0 Å². The summed E-state index contributed by atoms with van der Waals surface area (Å²) >= 11 is 1.66. The van der Waals surface area contributed by atoms with Crippen LogP contribution in [-0.2, 0) is 7.05 Å².